The van der Waals surface area contributed by atoms with Gasteiger partial charge in [0.25, 0.3) is 0 Å². The highest BCUT2D eigenvalue weighted by Crippen LogP contribution is 2.24. The van der Waals surface area contributed by atoms with Gasteiger partial charge < -0.3 is 20.5 Å². The minimum absolute atomic E-state index is 0.0459. The molecule has 1 fully saturated rings. The molecule has 0 aliphatic heterocycles. The molecule has 2 amide bonds. The highest BCUT2D eigenvalue weighted by Gasteiger charge is 2.26. The molecule has 138 valence electrons. The van der Waals surface area contributed by atoms with Crippen molar-refractivity contribution in [1.82, 2.24) is 10.6 Å². The average molecular weight is 348 g/mol. The number of amides is 2. The number of rotatable bonds is 6. The maximum absolute atomic E-state index is 12.2. The topological polar surface area (TPSA) is 87.7 Å². The molecule has 0 heterocycles. The second-order valence-corrected chi connectivity index (χ2v) is 6.96. The Morgan fingerprint density at radius 2 is 1.68 bits per heavy atom. The number of carboxylic acid groups (broad SMARTS) is 1. The van der Waals surface area contributed by atoms with E-state index in [1.54, 1.807) is 0 Å². The monoisotopic (exact) mass is 348 g/mol. The van der Waals surface area contributed by atoms with E-state index in [9.17, 15) is 9.59 Å². The third-order valence-electron chi connectivity index (χ3n) is 4.51. The number of aliphatic carboxylic acids is 1. The first kappa shape index (κ1) is 19.1. The molecule has 0 radical (unpaired) electrons. The molecule has 1 saturated carbocycles. The molecule has 1 unspecified atom stereocenters. The average Bonchev–Trinajstić information content (AvgIpc) is 2.55. The van der Waals surface area contributed by atoms with Crippen LogP contribution in [0.15, 0.2) is 24.3 Å². The molecule has 0 spiro atoms. The number of benzene rings is 1. The first-order valence-electron chi connectivity index (χ1n) is 8.91. The Morgan fingerprint density at radius 3 is 2.20 bits per heavy atom. The quantitative estimate of drug-likeness (QED) is 0.734. The summed E-state index contributed by atoms with van der Waals surface area (Å²) in [7, 11) is 0. The predicted molar refractivity (Wildman–Crippen MR) is 95.7 cm³/mol. The normalized spacial score (nSPS) is 21.4. The first-order valence-corrected chi connectivity index (χ1v) is 8.91. The Bertz CT molecular complexity index is 578. The van der Waals surface area contributed by atoms with E-state index in [0.29, 0.717) is 25.7 Å². The standard InChI is InChI=1S/C19H28N2O4/c1-12(2)25-17-10-6-14(7-11-17)13(3)20-19(24)21-16-8-4-15(5-9-16)18(22)23/h6-7,10-13,15-16H,4-5,8-9H2,1-3H3,(H,22,23)(H2,20,21,24). The van der Waals surface area contributed by atoms with E-state index in [1.165, 1.54) is 0 Å². The molecule has 25 heavy (non-hydrogen) atoms. The summed E-state index contributed by atoms with van der Waals surface area (Å²) in [5, 5.41) is 14.9. The van der Waals surface area contributed by atoms with Crippen molar-refractivity contribution in [3.63, 3.8) is 0 Å². The molecule has 6 heteroatoms. The van der Waals surface area contributed by atoms with Crippen molar-refractivity contribution < 1.29 is 19.4 Å². The van der Waals surface area contributed by atoms with Crippen molar-refractivity contribution in [3.05, 3.63) is 29.8 Å². The fraction of sp³-hybridized carbons (Fsp3) is 0.579. The zero-order valence-corrected chi connectivity index (χ0v) is 15.1. The minimum Gasteiger partial charge on any atom is -0.491 e. The van der Waals surface area contributed by atoms with Gasteiger partial charge >= 0.3 is 12.0 Å². The second kappa shape index (κ2) is 8.74. The van der Waals surface area contributed by atoms with Crippen LogP contribution in [0.2, 0.25) is 0 Å². The molecule has 1 atom stereocenters. The maximum Gasteiger partial charge on any atom is 0.315 e. The molecule has 1 aliphatic rings. The van der Waals surface area contributed by atoms with Crippen molar-refractivity contribution in [2.24, 2.45) is 5.92 Å². The highest BCUT2D eigenvalue weighted by atomic mass is 16.5. The zero-order chi connectivity index (χ0) is 18.4. The van der Waals surface area contributed by atoms with Crippen LogP contribution < -0.4 is 15.4 Å². The number of urea groups is 1. The van der Waals surface area contributed by atoms with Crippen LogP contribution in [0.1, 0.15) is 58.1 Å². The smallest absolute Gasteiger partial charge is 0.315 e. The van der Waals surface area contributed by atoms with Crippen molar-refractivity contribution in [2.75, 3.05) is 0 Å². The Kier molecular flexibility index (Phi) is 6.67. The Hall–Kier alpha value is -2.24. The van der Waals surface area contributed by atoms with E-state index in [2.05, 4.69) is 10.6 Å². The van der Waals surface area contributed by atoms with Gasteiger partial charge in [-0.25, -0.2) is 4.79 Å². The third-order valence-corrected chi connectivity index (χ3v) is 4.51. The van der Waals surface area contributed by atoms with Gasteiger partial charge in [0, 0.05) is 6.04 Å². The number of carbonyl (C=O) groups excluding carboxylic acids is 1. The van der Waals surface area contributed by atoms with Gasteiger partial charge in [-0.3, -0.25) is 4.79 Å². The summed E-state index contributed by atoms with van der Waals surface area (Å²) in [4.78, 5) is 23.1. The Morgan fingerprint density at radius 1 is 1.08 bits per heavy atom. The van der Waals surface area contributed by atoms with Crippen LogP contribution in [0.4, 0.5) is 4.79 Å². The first-order chi connectivity index (χ1) is 11.8. The van der Waals surface area contributed by atoms with Crippen LogP contribution in [0, 0.1) is 5.92 Å². The molecule has 2 rings (SSSR count). The van der Waals surface area contributed by atoms with E-state index in [4.69, 9.17) is 9.84 Å². The molecule has 0 saturated heterocycles. The lowest BCUT2D eigenvalue weighted by molar-refractivity contribution is -0.142. The molecule has 3 N–H and O–H groups in total. The molecule has 0 bridgehead atoms. The molecule has 1 aliphatic carbocycles. The fourth-order valence-corrected chi connectivity index (χ4v) is 3.10. The van der Waals surface area contributed by atoms with Crippen LogP contribution in [0.25, 0.3) is 0 Å². The van der Waals surface area contributed by atoms with E-state index in [1.807, 2.05) is 45.0 Å². The number of hydrogen-bond acceptors (Lipinski definition) is 3. The van der Waals surface area contributed by atoms with E-state index < -0.39 is 5.97 Å². The van der Waals surface area contributed by atoms with Gasteiger partial charge in [0.05, 0.1) is 18.1 Å². The van der Waals surface area contributed by atoms with Gasteiger partial charge in [0.1, 0.15) is 5.75 Å². The predicted octanol–water partition coefficient (Wildman–Crippen LogP) is 3.48. The maximum atomic E-state index is 12.2. The van der Waals surface area contributed by atoms with Gasteiger partial charge in [-0.05, 0) is 64.2 Å². The number of hydrogen-bond donors (Lipinski definition) is 3. The summed E-state index contributed by atoms with van der Waals surface area (Å²) in [6.07, 6.45) is 2.78. The van der Waals surface area contributed by atoms with Gasteiger partial charge in [0.2, 0.25) is 0 Å². The molecular weight excluding hydrogens is 320 g/mol. The van der Waals surface area contributed by atoms with Gasteiger partial charge in [-0.1, -0.05) is 12.1 Å². The van der Waals surface area contributed by atoms with Crippen LogP contribution in [0.5, 0.6) is 5.75 Å². The number of carbonyl (C=O) groups is 2. The lowest BCUT2D eigenvalue weighted by atomic mass is 9.86. The van der Waals surface area contributed by atoms with Crippen molar-refractivity contribution in [3.8, 4) is 5.75 Å². The molecular formula is C19H28N2O4. The van der Waals surface area contributed by atoms with E-state index >= 15 is 0 Å². The summed E-state index contributed by atoms with van der Waals surface area (Å²) in [5.41, 5.74) is 1.00. The molecule has 1 aromatic carbocycles. The Labute approximate surface area is 149 Å². The lowest BCUT2D eigenvalue weighted by Gasteiger charge is -2.27. The van der Waals surface area contributed by atoms with Crippen molar-refractivity contribution >= 4 is 12.0 Å². The number of ether oxygens (including phenoxy) is 1. The summed E-state index contributed by atoms with van der Waals surface area (Å²) in [6, 6.07) is 7.40. The Balaban J connectivity index is 1.79. The SMILES string of the molecule is CC(C)Oc1ccc(C(C)NC(=O)NC2CCC(C(=O)O)CC2)cc1. The van der Waals surface area contributed by atoms with Crippen molar-refractivity contribution in [2.45, 2.75) is 64.6 Å². The van der Waals surface area contributed by atoms with Crippen molar-refractivity contribution in [1.29, 1.82) is 0 Å². The molecule has 6 nitrogen and oxygen atoms in total. The van der Waals surface area contributed by atoms with Gasteiger partial charge in [-0.15, -0.1) is 0 Å². The third kappa shape index (κ3) is 5.96. The summed E-state index contributed by atoms with van der Waals surface area (Å²) in [5.74, 6) is -0.196. The largest absolute Gasteiger partial charge is 0.491 e. The van der Waals surface area contributed by atoms with E-state index in [-0.39, 0.29) is 30.1 Å². The minimum atomic E-state index is -0.735. The zero-order valence-electron chi connectivity index (χ0n) is 15.1. The fourth-order valence-electron chi connectivity index (χ4n) is 3.10. The van der Waals surface area contributed by atoms with Crippen LogP contribution >= 0.6 is 0 Å². The highest BCUT2D eigenvalue weighted by molar-refractivity contribution is 5.75. The number of carboxylic acids is 1. The van der Waals surface area contributed by atoms with Crippen LogP contribution in [-0.2, 0) is 4.79 Å². The van der Waals surface area contributed by atoms with Crippen LogP contribution in [-0.4, -0.2) is 29.3 Å². The summed E-state index contributed by atoms with van der Waals surface area (Å²) < 4.78 is 5.61. The van der Waals surface area contributed by atoms with Crippen LogP contribution in [0.3, 0.4) is 0 Å². The van der Waals surface area contributed by atoms with Gasteiger partial charge in [-0.2, -0.15) is 0 Å². The summed E-state index contributed by atoms with van der Waals surface area (Å²) in [6.45, 7) is 5.89. The second-order valence-electron chi connectivity index (χ2n) is 6.96. The van der Waals surface area contributed by atoms with E-state index in [0.717, 1.165) is 11.3 Å². The molecule has 0 aromatic heterocycles. The molecule has 1 aromatic rings. The summed E-state index contributed by atoms with van der Waals surface area (Å²) >= 11 is 0. The number of nitrogens with one attached hydrogen (secondary N) is 2. The van der Waals surface area contributed by atoms with Gasteiger partial charge in [0.15, 0.2) is 0 Å². The lowest BCUT2D eigenvalue weighted by Crippen LogP contribution is -2.44.